The van der Waals surface area contributed by atoms with Gasteiger partial charge >= 0.3 is 5.97 Å². The molecule has 1 aliphatic carbocycles. The van der Waals surface area contributed by atoms with Crippen molar-refractivity contribution in [2.45, 2.75) is 18.6 Å². The Morgan fingerprint density at radius 2 is 2.21 bits per heavy atom. The van der Waals surface area contributed by atoms with Gasteiger partial charge in [-0.3, -0.25) is 9.59 Å². The van der Waals surface area contributed by atoms with Gasteiger partial charge in [-0.1, -0.05) is 11.6 Å². The summed E-state index contributed by atoms with van der Waals surface area (Å²) in [4.78, 5) is 23.6. The highest BCUT2D eigenvalue weighted by Crippen LogP contribution is 2.45. The summed E-state index contributed by atoms with van der Waals surface area (Å²) in [6.45, 7) is 0.243. The van der Waals surface area contributed by atoms with Gasteiger partial charge in [0.25, 0.3) is 0 Å². The molecule has 2 rings (SSSR count). The van der Waals surface area contributed by atoms with Crippen LogP contribution in [0.5, 0.6) is 0 Å². The number of carboxylic acid groups (broad SMARTS) is 1. The lowest BCUT2D eigenvalue weighted by Crippen LogP contribution is -2.35. The van der Waals surface area contributed by atoms with E-state index in [2.05, 4.69) is 5.32 Å². The van der Waals surface area contributed by atoms with Gasteiger partial charge in [0.15, 0.2) is 0 Å². The molecule has 1 aromatic rings. The monoisotopic (exact) mass is 319 g/mol. The SMILES string of the molecule is O=C(CSCc1ccc(Cl)s1)NCC1(C(=O)O)CC1. The third-order valence-electron chi connectivity index (χ3n) is 3.04. The van der Waals surface area contributed by atoms with Gasteiger partial charge in [0.2, 0.25) is 5.91 Å². The molecule has 7 heteroatoms. The fraction of sp³-hybridized carbons (Fsp3) is 0.500. The topological polar surface area (TPSA) is 66.4 Å². The van der Waals surface area contributed by atoms with Gasteiger partial charge in [-0.25, -0.2) is 0 Å². The third kappa shape index (κ3) is 4.12. The summed E-state index contributed by atoms with van der Waals surface area (Å²) in [5, 5.41) is 11.7. The second-order valence-electron chi connectivity index (χ2n) is 4.56. The lowest BCUT2D eigenvalue weighted by molar-refractivity contribution is -0.143. The molecule has 0 atom stereocenters. The average Bonchev–Trinajstić information content (AvgIpc) is 3.05. The Bertz CT molecular complexity index is 485. The van der Waals surface area contributed by atoms with Crippen molar-refractivity contribution < 1.29 is 14.7 Å². The predicted molar refractivity (Wildman–Crippen MR) is 77.8 cm³/mol. The summed E-state index contributed by atoms with van der Waals surface area (Å²) in [5.74, 6) is 0.161. The predicted octanol–water partition coefficient (Wildman–Crippen LogP) is 2.62. The van der Waals surface area contributed by atoms with Gasteiger partial charge in [0.1, 0.15) is 0 Å². The molecule has 1 fully saturated rings. The smallest absolute Gasteiger partial charge is 0.311 e. The lowest BCUT2D eigenvalue weighted by atomic mass is 10.1. The number of carboxylic acids is 1. The molecule has 0 radical (unpaired) electrons. The minimum atomic E-state index is -0.811. The van der Waals surface area contributed by atoms with Gasteiger partial charge in [-0.15, -0.1) is 23.1 Å². The molecular formula is C12H14ClNO3S2. The number of halogens is 1. The summed E-state index contributed by atoms with van der Waals surface area (Å²) in [6, 6.07) is 3.79. The van der Waals surface area contributed by atoms with Crippen LogP contribution in [-0.2, 0) is 15.3 Å². The van der Waals surface area contributed by atoms with Crippen LogP contribution in [0.2, 0.25) is 4.34 Å². The van der Waals surface area contributed by atoms with Crippen molar-refractivity contribution in [3.63, 3.8) is 0 Å². The molecule has 0 aromatic carbocycles. The Labute approximate surface area is 124 Å². The van der Waals surface area contributed by atoms with Crippen LogP contribution in [0, 0.1) is 5.41 Å². The normalized spacial score (nSPS) is 16.1. The summed E-state index contributed by atoms with van der Waals surface area (Å²) in [5.41, 5.74) is -0.693. The number of nitrogens with one attached hydrogen (secondary N) is 1. The highest BCUT2D eigenvalue weighted by atomic mass is 35.5. The quantitative estimate of drug-likeness (QED) is 0.810. The van der Waals surface area contributed by atoms with Crippen LogP contribution in [0.1, 0.15) is 17.7 Å². The molecule has 0 saturated heterocycles. The van der Waals surface area contributed by atoms with Crippen LogP contribution < -0.4 is 5.32 Å². The number of carbonyl (C=O) groups excluding carboxylic acids is 1. The van der Waals surface area contributed by atoms with E-state index in [1.165, 1.54) is 23.1 Å². The molecule has 0 unspecified atom stereocenters. The molecule has 104 valence electrons. The summed E-state index contributed by atoms with van der Waals surface area (Å²) in [7, 11) is 0. The van der Waals surface area contributed by atoms with Crippen molar-refractivity contribution in [1.29, 1.82) is 0 Å². The molecule has 1 amide bonds. The van der Waals surface area contributed by atoms with Crippen molar-refractivity contribution in [1.82, 2.24) is 5.32 Å². The molecule has 19 heavy (non-hydrogen) atoms. The number of aliphatic carboxylic acids is 1. The number of hydrogen-bond acceptors (Lipinski definition) is 4. The standard InChI is InChI=1S/C12H14ClNO3S2/c13-9-2-1-8(19-9)5-18-6-10(15)14-7-12(3-4-12)11(16)17/h1-2H,3-7H2,(H,14,15)(H,16,17). The lowest BCUT2D eigenvalue weighted by Gasteiger charge is -2.10. The van der Waals surface area contributed by atoms with Crippen molar-refractivity contribution in [2.75, 3.05) is 12.3 Å². The fourth-order valence-corrected chi connectivity index (χ4v) is 3.67. The van der Waals surface area contributed by atoms with Crippen LogP contribution in [0.3, 0.4) is 0 Å². The molecule has 2 N–H and O–H groups in total. The zero-order chi connectivity index (χ0) is 13.9. The molecule has 1 saturated carbocycles. The number of thiophene rings is 1. The third-order valence-corrected chi connectivity index (χ3v) is 5.43. The first-order valence-corrected chi connectivity index (χ1v) is 8.19. The van der Waals surface area contributed by atoms with Gasteiger partial charge in [-0.2, -0.15) is 0 Å². The zero-order valence-electron chi connectivity index (χ0n) is 10.1. The Balaban J connectivity index is 1.64. The molecule has 1 aliphatic rings. The number of rotatable bonds is 7. The van der Waals surface area contributed by atoms with Gasteiger partial charge < -0.3 is 10.4 Å². The Hall–Kier alpha value is -0.720. The number of thioether (sulfide) groups is 1. The summed E-state index contributed by atoms with van der Waals surface area (Å²) < 4.78 is 0.747. The molecule has 1 heterocycles. The Kier molecular flexibility index (Phi) is 4.76. The maximum absolute atomic E-state index is 11.6. The molecular weight excluding hydrogens is 306 g/mol. The van der Waals surface area contributed by atoms with Crippen molar-refractivity contribution in [2.24, 2.45) is 5.41 Å². The molecule has 1 aromatic heterocycles. The van der Waals surface area contributed by atoms with E-state index in [4.69, 9.17) is 16.7 Å². The van der Waals surface area contributed by atoms with Gasteiger partial charge in [-0.05, 0) is 25.0 Å². The van der Waals surface area contributed by atoms with E-state index in [0.717, 1.165) is 15.0 Å². The van der Waals surface area contributed by atoms with Crippen molar-refractivity contribution in [3.05, 3.63) is 21.3 Å². The highest BCUT2D eigenvalue weighted by molar-refractivity contribution is 7.99. The first kappa shape index (κ1) is 14.7. The first-order valence-electron chi connectivity index (χ1n) is 5.84. The van der Waals surface area contributed by atoms with E-state index in [-0.39, 0.29) is 12.5 Å². The molecule has 0 spiro atoms. The van der Waals surface area contributed by atoms with Gasteiger partial charge in [0, 0.05) is 17.2 Å². The zero-order valence-corrected chi connectivity index (χ0v) is 12.5. The van der Waals surface area contributed by atoms with E-state index >= 15 is 0 Å². The van der Waals surface area contributed by atoms with Crippen LogP contribution in [0.15, 0.2) is 12.1 Å². The first-order chi connectivity index (χ1) is 9.02. The van der Waals surface area contributed by atoms with Crippen molar-refractivity contribution >= 4 is 46.6 Å². The molecule has 0 bridgehead atoms. The van der Waals surface area contributed by atoms with Crippen LogP contribution in [-0.4, -0.2) is 29.3 Å². The molecule has 0 aliphatic heterocycles. The Morgan fingerprint density at radius 3 is 2.74 bits per heavy atom. The fourth-order valence-electron chi connectivity index (χ4n) is 1.61. The van der Waals surface area contributed by atoms with Crippen molar-refractivity contribution in [3.8, 4) is 0 Å². The Morgan fingerprint density at radius 1 is 1.47 bits per heavy atom. The van der Waals surface area contributed by atoms with Crippen LogP contribution in [0.25, 0.3) is 0 Å². The second-order valence-corrected chi connectivity index (χ2v) is 7.35. The van der Waals surface area contributed by atoms with E-state index in [1.807, 2.05) is 12.1 Å². The number of hydrogen-bond donors (Lipinski definition) is 2. The van der Waals surface area contributed by atoms with Crippen LogP contribution >= 0.6 is 34.7 Å². The maximum Gasteiger partial charge on any atom is 0.311 e. The summed E-state index contributed by atoms with van der Waals surface area (Å²) in [6.07, 6.45) is 1.31. The van der Waals surface area contributed by atoms with Crippen LogP contribution in [0.4, 0.5) is 0 Å². The van der Waals surface area contributed by atoms with E-state index in [0.29, 0.717) is 18.6 Å². The van der Waals surface area contributed by atoms with Gasteiger partial charge in [0.05, 0.1) is 15.5 Å². The highest BCUT2D eigenvalue weighted by Gasteiger charge is 2.50. The largest absolute Gasteiger partial charge is 0.481 e. The number of amides is 1. The number of carbonyl (C=O) groups is 2. The van der Waals surface area contributed by atoms with E-state index < -0.39 is 11.4 Å². The average molecular weight is 320 g/mol. The van der Waals surface area contributed by atoms with E-state index in [1.54, 1.807) is 0 Å². The van der Waals surface area contributed by atoms with E-state index in [9.17, 15) is 9.59 Å². The molecule has 4 nitrogen and oxygen atoms in total. The minimum absolute atomic E-state index is 0.111. The maximum atomic E-state index is 11.6. The second kappa shape index (κ2) is 6.15. The minimum Gasteiger partial charge on any atom is -0.481 e. The summed E-state index contributed by atoms with van der Waals surface area (Å²) >= 11 is 8.82.